The summed E-state index contributed by atoms with van der Waals surface area (Å²) in [5, 5.41) is 25.9. The summed E-state index contributed by atoms with van der Waals surface area (Å²) in [6.07, 6.45) is 0. The number of para-hydroxylation sites is 6. The summed E-state index contributed by atoms with van der Waals surface area (Å²) >= 11 is 0. The van der Waals surface area contributed by atoms with E-state index in [0.29, 0.717) is 0 Å². The lowest BCUT2D eigenvalue weighted by molar-refractivity contribution is 1.16. The van der Waals surface area contributed by atoms with Crippen LogP contribution < -0.4 is 4.90 Å². The molecule has 0 saturated carbocycles. The van der Waals surface area contributed by atoms with Gasteiger partial charge < -0.3 is 18.6 Å². The van der Waals surface area contributed by atoms with E-state index in [2.05, 4.69) is 468 Å². The Kier molecular flexibility index (Phi) is 20.7. The summed E-state index contributed by atoms with van der Waals surface area (Å²) in [7, 11) is 2.45. The lowest BCUT2D eigenvalue weighted by atomic mass is 9.85. The maximum atomic E-state index is 4.90. The smallest absolute Gasteiger partial charge is 0.134 e. The van der Waals surface area contributed by atoms with Crippen LogP contribution in [0.4, 0.5) is 17.1 Å². The molecule has 0 bridgehead atoms. The number of aryl methyl sites for hydroxylation is 4. The zero-order chi connectivity index (χ0) is 86.5. The molecule has 617 valence electrons. The quantitative estimate of drug-likeness (QED) is 0.0779. The molecular weight excluding hydrogens is 1610 g/mol. The Bertz CT molecular complexity index is 8000. The van der Waals surface area contributed by atoms with Gasteiger partial charge in [-0.25, -0.2) is 0 Å². The van der Waals surface area contributed by atoms with Gasteiger partial charge in [0.05, 0.1) is 44.1 Å². The van der Waals surface area contributed by atoms with Gasteiger partial charge >= 0.3 is 0 Å². The topological polar surface area (TPSA) is 43.8 Å². The molecular formula is C121H90BN6P2. The van der Waals surface area contributed by atoms with E-state index in [0.717, 1.165) is 67.3 Å². The van der Waals surface area contributed by atoms with Crippen molar-refractivity contribution >= 4 is 195 Å². The molecule has 0 fully saturated rings. The highest BCUT2D eigenvalue weighted by molar-refractivity contribution is 7.55. The minimum Gasteiger partial charge on any atom is -0.310 e. The van der Waals surface area contributed by atoms with Gasteiger partial charge in [-0.1, -0.05) is 310 Å². The standard InChI is InChI=1S/C54H36N4.C40H26.C26H20N2.CH5BP.H3P/c1-7-19-49-43(13-1)44-14-2-8-20-50(44)56(49)40-31-25-37(26-32-40)55(38-27-33-41(34-28-38)57-51-21-9-3-15-45(51)46-16-4-10-22-52(46)57)39-29-35-42(36-30-39)58-53-23-11-5-17-47(53)48-18-6-12-24-54(48)58;1-23-21-36(32-18-14-30-12-10-26-6-4-8-28-16-20-34(32)40(30)38(26)28)24(2)22-35(23)31-17-13-29-11-9-25-5-3-7-27-15-19-33(31)39(29)37(25)27;1-17-15-23(19-9-5-3-6-10-19)21-13-14-22-24(20-11-7-4-8-12-20)16-18(2)28-26(22)25(21)27-17;1-2-3;/h1-36H;3-22H,1-2H3;3-16H,1-2H3;3H2,1H3;1H3. The van der Waals surface area contributed by atoms with Gasteiger partial charge in [0, 0.05) is 88.6 Å². The van der Waals surface area contributed by atoms with E-state index in [9.17, 15) is 0 Å². The zero-order valence-electron chi connectivity index (χ0n) is 73.0. The van der Waals surface area contributed by atoms with Crippen molar-refractivity contribution in [2.45, 2.75) is 34.5 Å². The van der Waals surface area contributed by atoms with Crippen molar-refractivity contribution in [3.63, 3.8) is 0 Å². The number of aromatic nitrogens is 5. The van der Waals surface area contributed by atoms with Crippen molar-refractivity contribution in [1.29, 1.82) is 0 Å². The number of anilines is 3. The van der Waals surface area contributed by atoms with E-state index in [1.54, 1.807) is 0 Å². The molecule has 1 radical (unpaired) electrons. The predicted molar refractivity (Wildman–Crippen MR) is 568 cm³/mol. The molecule has 0 aliphatic carbocycles. The normalized spacial score (nSPS) is 11.6. The number of pyridine rings is 2. The Balaban J connectivity index is 0.000000120. The van der Waals surface area contributed by atoms with Crippen molar-refractivity contribution in [3.05, 3.63) is 447 Å². The van der Waals surface area contributed by atoms with Crippen LogP contribution in [0, 0.1) is 27.7 Å². The fourth-order valence-corrected chi connectivity index (χ4v) is 20.6. The second kappa shape index (κ2) is 33.4. The number of hydrogen-bond acceptors (Lipinski definition) is 3. The Hall–Kier alpha value is -15.4. The highest BCUT2D eigenvalue weighted by atomic mass is 31.0. The largest absolute Gasteiger partial charge is 0.310 e. The van der Waals surface area contributed by atoms with Crippen LogP contribution in [0.3, 0.4) is 0 Å². The van der Waals surface area contributed by atoms with Gasteiger partial charge in [-0.15, -0.1) is 0 Å². The van der Waals surface area contributed by atoms with Gasteiger partial charge in [-0.3, -0.25) is 9.97 Å². The molecule has 2 unspecified atom stereocenters. The second-order valence-electron chi connectivity index (χ2n) is 34.0. The minimum atomic E-state index is 0. The Morgan fingerprint density at radius 1 is 0.231 bits per heavy atom. The number of nitrogens with zero attached hydrogens (tertiary/aromatic N) is 6. The highest BCUT2D eigenvalue weighted by Gasteiger charge is 2.23. The van der Waals surface area contributed by atoms with E-state index in [1.807, 2.05) is 26.0 Å². The molecule has 5 aromatic heterocycles. The van der Waals surface area contributed by atoms with Crippen molar-refractivity contribution in [2.75, 3.05) is 4.90 Å². The van der Waals surface area contributed by atoms with Crippen LogP contribution in [-0.2, 0) is 0 Å². The van der Waals surface area contributed by atoms with Gasteiger partial charge in [0.1, 0.15) is 7.00 Å². The Morgan fingerprint density at radius 2 is 0.485 bits per heavy atom. The molecule has 0 saturated heterocycles. The first kappa shape index (κ1) is 80.5. The van der Waals surface area contributed by atoms with Gasteiger partial charge in [0.15, 0.2) is 0 Å². The third-order valence-electron chi connectivity index (χ3n) is 26.2. The maximum absolute atomic E-state index is 4.90. The molecule has 26 rings (SSSR count). The summed E-state index contributed by atoms with van der Waals surface area (Å²) in [6.45, 7) is 12.5. The van der Waals surface area contributed by atoms with Crippen LogP contribution in [0.5, 0.6) is 0 Å². The molecule has 130 heavy (non-hydrogen) atoms. The predicted octanol–water partition coefficient (Wildman–Crippen LogP) is 33.2. The first-order valence-electron chi connectivity index (χ1n) is 44.4. The Labute approximate surface area is 761 Å². The van der Waals surface area contributed by atoms with Crippen molar-refractivity contribution in [2.24, 2.45) is 0 Å². The van der Waals surface area contributed by atoms with Gasteiger partial charge in [0.25, 0.3) is 0 Å². The number of benzene rings is 21. The van der Waals surface area contributed by atoms with E-state index in [-0.39, 0.29) is 9.90 Å². The molecule has 0 amide bonds. The molecule has 0 N–H and O–H groups in total. The van der Waals surface area contributed by atoms with Crippen LogP contribution in [0.1, 0.15) is 22.5 Å². The summed E-state index contributed by atoms with van der Waals surface area (Å²) in [5.74, 6) is 0. The van der Waals surface area contributed by atoms with Crippen molar-refractivity contribution < 1.29 is 0 Å². The Morgan fingerprint density at radius 3 is 0.785 bits per heavy atom. The molecule has 26 aromatic rings. The molecule has 9 heteroatoms. The van der Waals surface area contributed by atoms with Crippen molar-refractivity contribution in [1.82, 2.24) is 23.7 Å². The lowest BCUT2D eigenvalue weighted by Crippen LogP contribution is -2.10. The van der Waals surface area contributed by atoms with E-state index < -0.39 is 0 Å². The first-order valence-corrected chi connectivity index (χ1v) is 45.1. The van der Waals surface area contributed by atoms with Crippen LogP contribution in [-0.4, -0.2) is 30.7 Å². The second-order valence-corrected chi connectivity index (χ2v) is 34.6. The van der Waals surface area contributed by atoms with Gasteiger partial charge in [0.2, 0.25) is 0 Å². The SMILES string of the molecule is C[B]P.Cc1cc(-c2ccc3ccc4cccc5ccc2c3c45)c(C)cc1-c1ccc2ccc3cccc4ccc1c2c34.Cc1cc(-c2ccccc2)c2ccc3c(-c4ccccc4)cc(C)nc3c2n1.P.c1ccc2c(c1)c1ccccc1n2-c1ccc(N(c2ccc(-n3c4ccccc4c4ccccc43)cc2)c2ccc(-n3c4ccccc4c4ccccc43)cc2)cc1. The molecule has 21 aromatic carbocycles. The summed E-state index contributed by atoms with van der Waals surface area (Å²) in [5.41, 5.74) is 30.5. The van der Waals surface area contributed by atoms with Gasteiger partial charge in [-0.05, 0) is 269 Å². The fourth-order valence-electron chi connectivity index (χ4n) is 20.6. The van der Waals surface area contributed by atoms with Crippen LogP contribution in [0.2, 0.25) is 6.82 Å². The van der Waals surface area contributed by atoms with E-state index in [4.69, 9.17) is 9.97 Å². The molecule has 0 spiro atoms. The molecule has 2 atom stereocenters. The van der Waals surface area contributed by atoms with Crippen molar-refractivity contribution in [3.8, 4) is 61.6 Å². The van der Waals surface area contributed by atoms with E-state index in [1.165, 1.54) is 186 Å². The van der Waals surface area contributed by atoms with Crippen LogP contribution >= 0.6 is 19.0 Å². The summed E-state index contributed by atoms with van der Waals surface area (Å²) < 4.78 is 7.12. The monoisotopic (exact) mass is 1700 g/mol. The fraction of sp³-hybridized carbons (Fsp3) is 0.0413. The average molecular weight is 1700 g/mol. The average Bonchev–Trinajstić information content (AvgIpc) is 1.20. The third kappa shape index (κ3) is 13.7. The number of hydrogen-bond donors (Lipinski definition) is 0. The summed E-state index contributed by atoms with van der Waals surface area (Å²) in [4.78, 5) is 12.2. The third-order valence-corrected chi connectivity index (χ3v) is 26.2. The minimum absolute atomic E-state index is 0. The molecule has 0 aliphatic rings. The molecule has 6 nitrogen and oxygen atoms in total. The number of fused-ring (bicyclic) bond motifs is 12. The summed E-state index contributed by atoms with van der Waals surface area (Å²) in [6, 6.07) is 154. The maximum Gasteiger partial charge on any atom is 0.134 e. The molecule has 0 aliphatic heterocycles. The van der Waals surface area contributed by atoms with Crippen LogP contribution in [0.25, 0.3) is 213 Å². The van der Waals surface area contributed by atoms with Crippen LogP contribution in [0.15, 0.2) is 425 Å². The van der Waals surface area contributed by atoms with E-state index >= 15 is 0 Å². The number of rotatable bonds is 10. The van der Waals surface area contributed by atoms with Gasteiger partial charge in [-0.2, -0.15) is 19.0 Å². The molecule has 5 heterocycles. The highest BCUT2D eigenvalue weighted by Crippen LogP contribution is 2.47. The first-order chi connectivity index (χ1) is 63.6. The zero-order valence-corrected chi connectivity index (χ0v) is 75.5. The lowest BCUT2D eigenvalue weighted by Gasteiger charge is -2.26.